The minimum Gasteiger partial charge on any atom is -0.340 e. The maximum atomic E-state index is 11.5. The van der Waals surface area contributed by atoms with E-state index in [-0.39, 0.29) is 17.9 Å². The lowest BCUT2D eigenvalue weighted by Gasteiger charge is -2.23. The van der Waals surface area contributed by atoms with Crippen LogP contribution in [0.25, 0.3) is 0 Å². The van der Waals surface area contributed by atoms with E-state index in [9.17, 15) is 4.79 Å². The summed E-state index contributed by atoms with van der Waals surface area (Å²) in [5.41, 5.74) is 4.99. The standard InChI is InChI=1S/C10H18N2O/c1-6-10(4,5)12-9(13)7(2)8(3)11/h1,7-8H,11H2,2-5H3,(H,12,13). The maximum Gasteiger partial charge on any atom is 0.225 e. The molecule has 0 rings (SSSR count). The van der Waals surface area contributed by atoms with E-state index >= 15 is 0 Å². The van der Waals surface area contributed by atoms with Crippen molar-refractivity contribution in [1.82, 2.24) is 5.32 Å². The van der Waals surface area contributed by atoms with Crippen LogP contribution in [0.1, 0.15) is 27.7 Å². The molecule has 0 bridgehead atoms. The Balaban J connectivity index is 4.26. The Bertz CT molecular complexity index is 226. The Morgan fingerprint density at radius 1 is 1.54 bits per heavy atom. The molecule has 0 aliphatic heterocycles. The van der Waals surface area contributed by atoms with E-state index in [1.54, 1.807) is 27.7 Å². The van der Waals surface area contributed by atoms with Crippen molar-refractivity contribution >= 4 is 5.91 Å². The van der Waals surface area contributed by atoms with Crippen LogP contribution in [0.4, 0.5) is 0 Å². The monoisotopic (exact) mass is 182 g/mol. The number of carbonyl (C=O) groups is 1. The molecule has 0 heterocycles. The minimum atomic E-state index is -0.597. The van der Waals surface area contributed by atoms with Crippen LogP contribution in [0.15, 0.2) is 0 Å². The van der Waals surface area contributed by atoms with Gasteiger partial charge in [0.25, 0.3) is 0 Å². The Morgan fingerprint density at radius 2 is 2.00 bits per heavy atom. The van der Waals surface area contributed by atoms with Crippen LogP contribution < -0.4 is 11.1 Å². The quantitative estimate of drug-likeness (QED) is 0.624. The fraction of sp³-hybridized carbons (Fsp3) is 0.700. The molecule has 3 N–H and O–H groups in total. The summed E-state index contributed by atoms with van der Waals surface area (Å²) in [6, 6.07) is -0.159. The number of nitrogens with two attached hydrogens (primary N) is 1. The van der Waals surface area contributed by atoms with Gasteiger partial charge in [0.2, 0.25) is 5.91 Å². The van der Waals surface area contributed by atoms with Crippen LogP contribution >= 0.6 is 0 Å². The Kier molecular flexibility index (Phi) is 3.96. The van der Waals surface area contributed by atoms with Crippen molar-refractivity contribution in [1.29, 1.82) is 0 Å². The first-order valence-corrected chi connectivity index (χ1v) is 4.35. The fourth-order valence-electron chi connectivity index (χ4n) is 0.697. The normalized spacial score (nSPS) is 15.7. The Labute approximate surface area is 80.1 Å². The van der Waals surface area contributed by atoms with Gasteiger partial charge >= 0.3 is 0 Å². The zero-order valence-corrected chi connectivity index (χ0v) is 8.72. The third-order valence-electron chi connectivity index (χ3n) is 2.00. The Hall–Kier alpha value is -1.01. The van der Waals surface area contributed by atoms with Gasteiger partial charge in [-0.15, -0.1) is 6.42 Å². The molecular formula is C10H18N2O. The summed E-state index contributed by atoms with van der Waals surface area (Å²) in [5.74, 6) is 2.18. The average Bonchev–Trinajstić information content (AvgIpc) is 2.02. The van der Waals surface area contributed by atoms with Gasteiger partial charge in [0.15, 0.2) is 0 Å². The fourth-order valence-corrected chi connectivity index (χ4v) is 0.697. The molecule has 2 unspecified atom stereocenters. The molecule has 1 amide bonds. The summed E-state index contributed by atoms with van der Waals surface area (Å²) in [5, 5.41) is 2.73. The maximum absolute atomic E-state index is 11.5. The second-order valence-electron chi connectivity index (χ2n) is 3.91. The van der Waals surface area contributed by atoms with Gasteiger partial charge in [0, 0.05) is 12.0 Å². The zero-order chi connectivity index (χ0) is 10.6. The summed E-state index contributed by atoms with van der Waals surface area (Å²) < 4.78 is 0. The summed E-state index contributed by atoms with van der Waals surface area (Å²) >= 11 is 0. The van der Waals surface area contributed by atoms with E-state index in [0.29, 0.717) is 0 Å². The molecule has 0 fully saturated rings. The highest BCUT2D eigenvalue weighted by Gasteiger charge is 2.23. The van der Waals surface area contributed by atoms with Gasteiger partial charge in [0.1, 0.15) is 0 Å². The first-order chi connectivity index (χ1) is 5.80. The molecule has 0 aliphatic rings. The topological polar surface area (TPSA) is 55.1 Å². The third kappa shape index (κ3) is 3.95. The van der Waals surface area contributed by atoms with Crippen molar-refractivity contribution in [2.24, 2.45) is 11.7 Å². The van der Waals surface area contributed by atoms with E-state index in [1.807, 2.05) is 0 Å². The minimum absolute atomic E-state index is 0.0991. The number of hydrogen-bond acceptors (Lipinski definition) is 2. The molecule has 3 nitrogen and oxygen atoms in total. The van der Waals surface area contributed by atoms with Gasteiger partial charge < -0.3 is 11.1 Å². The summed E-state index contributed by atoms with van der Waals surface area (Å²) in [6.07, 6.45) is 5.23. The largest absolute Gasteiger partial charge is 0.340 e. The highest BCUT2D eigenvalue weighted by molar-refractivity contribution is 5.80. The lowest BCUT2D eigenvalue weighted by Crippen LogP contribution is -2.47. The lowest BCUT2D eigenvalue weighted by atomic mass is 10.0. The van der Waals surface area contributed by atoms with Crippen molar-refractivity contribution in [3.63, 3.8) is 0 Å². The van der Waals surface area contributed by atoms with Crippen molar-refractivity contribution in [2.45, 2.75) is 39.3 Å². The SMILES string of the molecule is C#CC(C)(C)NC(=O)C(C)C(C)N. The average molecular weight is 182 g/mol. The van der Waals surface area contributed by atoms with Gasteiger partial charge in [-0.2, -0.15) is 0 Å². The number of terminal acetylenes is 1. The van der Waals surface area contributed by atoms with Gasteiger partial charge in [-0.3, -0.25) is 4.79 Å². The van der Waals surface area contributed by atoms with E-state index in [1.165, 1.54) is 0 Å². The second kappa shape index (κ2) is 4.29. The first-order valence-electron chi connectivity index (χ1n) is 4.35. The lowest BCUT2D eigenvalue weighted by molar-refractivity contribution is -0.126. The molecular weight excluding hydrogens is 164 g/mol. The Morgan fingerprint density at radius 3 is 2.31 bits per heavy atom. The van der Waals surface area contributed by atoms with E-state index in [4.69, 9.17) is 12.2 Å². The van der Waals surface area contributed by atoms with Crippen LogP contribution in [0.2, 0.25) is 0 Å². The molecule has 0 aromatic heterocycles. The highest BCUT2D eigenvalue weighted by atomic mass is 16.2. The number of amides is 1. The predicted octanol–water partition coefficient (Wildman–Crippen LogP) is 0.498. The number of nitrogens with one attached hydrogen (secondary N) is 1. The van der Waals surface area contributed by atoms with E-state index in [2.05, 4.69) is 11.2 Å². The van der Waals surface area contributed by atoms with E-state index in [0.717, 1.165) is 0 Å². The molecule has 0 aliphatic carbocycles. The van der Waals surface area contributed by atoms with Crippen LogP contribution in [0.5, 0.6) is 0 Å². The molecule has 0 spiro atoms. The molecule has 0 aromatic rings. The molecule has 0 saturated carbocycles. The molecule has 2 atom stereocenters. The summed E-state index contributed by atoms with van der Waals surface area (Å²) in [7, 11) is 0. The van der Waals surface area contributed by atoms with Crippen LogP contribution in [0.3, 0.4) is 0 Å². The smallest absolute Gasteiger partial charge is 0.225 e. The van der Waals surface area contributed by atoms with Crippen molar-refractivity contribution in [3.8, 4) is 12.3 Å². The first kappa shape index (κ1) is 12.0. The molecule has 74 valence electrons. The van der Waals surface area contributed by atoms with Crippen LogP contribution in [0, 0.1) is 18.3 Å². The molecule has 0 radical (unpaired) electrons. The molecule has 0 aromatic carbocycles. The molecule has 0 saturated heterocycles. The number of hydrogen-bond donors (Lipinski definition) is 2. The highest BCUT2D eigenvalue weighted by Crippen LogP contribution is 2.05. The van der Waals surface area contributed by atoms with Crippen molar-refractivity contribution < 1.29 is 4.79 Å². The molecule has 13 heavy (non-hydrogen) atoms. The van der Waals surface area contributed by atoms with Crippen molar-refractivity contribution in [3.05, 3.63) is 0 Å². The molecule has 3 heteroatoms. The summed E-state index contributed by atoms with van der Waals surface area (Å²) in [4.78, 5) is 11.5. The predicted molar refractivity (Wildman–Crippen MR) is 53.9 cm³/mol. The zero-order valence-electron chi connectivity index (χ0n) is 8.72. The van der Waals surface area contributed by atoms with Crippen LogP contribution in [-0.2, 0) is 4.79 Å². The third-order valence-corrected chi connectivity index (χ3v) is 2.00. The van der Waals surface area contributed by atoms with Gasteiger partial charge in [-0.1, -0.05) is 12.8 Å². The van der Waals surface area contributed by atoms with Crippen LogP contribution in [-0.4, -0.2) is 17.5 Å². The van der Waals surface area contributed by atoms with Crippen molar-refractivity contribution in [2.75, 3.05) is 0 Å². The van der Waals surface area contributed by atoms with Gasteiger partial charge in [-0.05, 0) is 20.8 Å². The summed E-state index contributed by atoms with van der Waals surface area (Å²) in [6.45, 7) is 7.14. The second-order valence-corrected chi connectivity index (χ2v) is 3.91. The van der Waals surface area contributed by atoms with Gasteiger partial charge in [-0.25, -0.2) is 0 Å². The van der Waals surface area contributed by atoms with Gasteiger partial charge in [0.05, 0.1) is 5.54 Å². The number of carbonyl (C=O) groups excluding carboxylic acids is 1. The van der Waals surface area contributed by atoms with E-state index < -0.39 is 5.54 Å². The number of rotatable bonds is 3.